The Morgan fingerprint density at radius 2 is 2.04 bits per heavy atom. The fourth-order valence-electron chi connectivity index (χ4n) is 2.43. The van der Waals surface area contributed by atoms with Crippen molar-refractivity contribution in [1.29, 1.82) is 5.26 Å². The number of benzene rings is 1. The maximum atomic E-state index is 12.2. The highest BCUT2D eigenvalue weighted by molar-refractivity contribution is 7.91. The molecule has 7 nitrogen and oxygen atoms in total. The number of sulfone groups is 1. The molecule has 1 N–H and O–H groups in total. The Morgan fingerprint density at radius 1 is 1.33 bits per heavy atom. The molecule has 1 amide bonds. The lowest BCUT2D eigenvalue weighted by atomic mass is 10.1. The summed E-state index contributed by atoms with van der Waals surface area (Å²) >= 11 is 0. The van der Waals surface area contributed by atoms with Crippen molar-refractivity contribution < 1.29 is 22.7 Å². The van der Waals surface area contributed by atoms with Gasteiger partial charge < -0.3 is 14.8 Å². The van der Waals surface area contributed by atoms with Crippen molar-refractivity contribution in [3.63, 3.8) is 0 Å². The summed E-state index contributed by atoms with van der Waals surface area (Å²) in [6.45, 7) is 0. The predicted octanol–water partition coefficient (Wildman–Crippen LogP) is 0.914. The van der Waals surface area contributed by atoms with Gasteiger partial charge in [-0.05, 0) is 30.2 Å². The molecule has 1 atom stereocenters. The molecule has 2 rings (SSSR count). The molecule has 0 bridgehead atoms. The fraction of sp³-hybridized carbons (Fsp3) is 0.375. The molecule has 0 saturated carbocycles. The van der Waals surface area contributed by atoms with Crippen LogP contribution in [0.15, 0.2) is 23.8 Å². The lowest BCUT2D eigenvalue weighted by Gasteiger charge is -2.10. The van der Waals surface area contributed by atoms with Crippen LogP contribution in [0.2, 0.25) is 0 Å². The van der Waals surface area contributed by atoms with E-state index in [0.717, 1.165) is 0 Å². The van der Waals surface area contributed by atoms with Crippen LogP contribution in [0.3, 0.4) is 0 Å². The van der Waals surface area contributed by atoms with Gasteiger partial charge in [0.25, 0.3) is 5.91 Å². The molecular formula is C16H18N2O5S. The van der Waals surface area contributed by atoms with Gasteiger partial charge >= 0.3 is 0 Å². The van der Waals surface area contributed by atoms with E-state index in [-0.39, 0.29) is 17.1 Å². The van der Waals surface area contributed by atoms with Gasteiger partial charge in [-0.3, -0.25) is 4.79 Å². The minimum Gasteiger partial charge on any atom is -0.493 e. The zero-order chi connectivity index (χ0) is 17.7. The predicted molar refractivity (Wildman–Crippen MR) is 88.3 cm³/mol. The Labute approximate surface area is 140 Å². The van der Waals surface area contributed by atoms with Crippen molar-refractivity contribution in [3.8, 4) is 17.6 Å². The van der Waals surface area contributed by atoms with Crippen molar-refractivity contribution in [2.75, 3.05) is 25.7 Å². The largest absolute Gasteiger partial charge is 0.493 e. The van der Waals surface area contributed by atoms with Gasteiger partial charge in [-0.25, -0.2) is 8.42 Å². The van der Waals surface area contributed by atoms with Crippen molar-refractivity contribution >= 4 is 21.8 Å². The van der Waals surface area contributed by atoms with Crippen LogP contribution in [-0.4, -0.2) is 46.1 Å². The highest BCUT2D eigenvalue weighted by atomic mass is 32.2. The van der Waals surface area contributed by atoms with Gasteiger partial charge in [0.15, 0.2) is 21.3 Å². The van der Waals surface area contributed by atoms with E-state index in [0.29, 0.717) is 23.5 Å². The highest BCUT2D eigenvalue weighted by Crippen LogP contribution is 2.28. The molecule has 1 aliphatic heterocycles. The second kappa shape index (κ2) is 7.36. The third-order valence-corrected chi connectivity index (χ3v) is 5.42. The van der Waals surface area contributed by atoms with E-state index in [2.05, 4.69) is 5.32 Å². The molecule has 1 unspecified atom stereocenters. The summed E-state index contributed by atoms with van der Waals surface area (Å²) in [5.74, 6) is 0.390. The number of nitriles is 1. The van der Waals surface area contributed by atoms with E-state index in [4.69, 9.17) is 9.47 Å². The number of hydrogen-bond acceptors (Lipinski definition) is 6. The molecule has 1 saturated heterocycles. The van der Waals surface area contributed by atoms with Crippen LogP contribution in [0.1, 0.15) is 12.0 Å². The van der Waals surface area contributed by atoms with Gasteiger partial charge in [0.1, 0.15) is 11.6 Å². The molecule has 128 valence electrons. The molecule has 1 heterocycles. The summed E-state index contributed by atoms with van der Waals surface area (Å²) in [5.41, 5.74) is 0.491. The third-order valence-electron chi connectivity index (χ3n) is 3.65. The summed E-state index contributed by atoms with van der Waals surface area (Å²) in [6.07, 6.45) is 1.78. The smallest absolute Gasteiger partial charge is 0.262 e. The van der Waals surface area contributed by atoms with E-state index < -0.39 is 21.8 Å². The first-order valence-electron chi connectivity index (χ1n) is 7.23. The summed E-state index contributed by atoms with van der Waals surface area (Å²) in [5, 5.41) is 11.8. The molecule has 0 aromatic heterocycles. The van der Waals surface area contributed by atoms with Gasteiger partial charge in [-0.2, -0.15) is 5.26 Å². The van der Waals surface area contributed by atoms with Crippen molar-refractivity contribution in [2.24, 2.45) is 0 Å². The van der Waals surface area contributed by atoms with Crippen LogP contribution in [0.5, 0.6) is 11.5 Å². The van der Waals surface area contributed by atoms with Crippen LogP contribution in [0.25, 0.3) is 6.08 Å². The maximum absolute atomic E-state index is 12.2. The molecular weight excluding hydrogens is 332 g/mol. The average Bonchev–Trinajstić information content (AvgIpc) is 2.90. The van der Waals surface area contributed by atoms with Gasteiger partial charge in [-0.1, -0.05) is 6.07 Å². The molecule has 24 heavy (non-hydrogen) atoms. The quantitative estimate of drug-likeness (QED) is 0.625. The zero-order valence-corrected chi connectivity index (χ0v) is 14.2. The van der Waals surface area contributed by atoms with Crippen LogP contribution in [-0.2, 0) is 14.6 Å². The molecule has 1 aliphatic rings. The lowest BCUT2D eigenvalue weighted by molar-refractivity contribution is -0.117. The number of rotatable bonds is 5. The molecule has 1 fully saturated rings. The minimum absolute atomic E-state index is 0.0548. The summed E-state index contributed by atoms with van der Waals surface area (Å²) in [4.78, 5) is 12.2. The van der Waals surface area contributed by atoms with Gasteiger partial charge in [0.05, 0.1) is 25.7 Å². The van der Waals surface area contributed by atoms with Crippen molar-refractivity contribution in [2.45, 2.75) is 12.5 Å². The molecule has 1 aromatic carbocycles. The zero-order valence-electron chi connectivity index (χ0n) is 13.4. The van der Waals surface area contributed by atoms with Crippen LogP contribution in [0, 0.1) is 11.3 Å². The van der Waals surface area contributed by atoms with Crippen LogP contribution < -0.4 is 14.8 Å². The van der Waals surface area contributed by atoms with Crippen LogP contribution >= 0.6 is 0 Å². The third kappa shape index (κ3) is 4.26. The number of amides is 1. The van der Waals surface area contributed by atoms with Crippen LogP contribution in [0.4, 0.5) is 0 Å². The lowest BCUT2D eigenvalue weighted by Crippen LogP contribution is -2.36. The Morgan fingerprint density at radius 3 is 2.58 bits per heavy atom. The van der Waals surface area contributed by atoms with Crippen molar-refractivity contribution in [3.05, 3.63) is 29.3 Å². The Hall–Kier alpha value is -2.53. The van der Waals surface area contributed by atoms with E-state index in [1.807, 2.05) is 6.07 Å². The second-order valence-corrected chi connectivity index (χ2v) is 7.59. The Bertz CT molecular complexity index is 808. The van der Waals surface area contributed by atoms with Gasteiger partial charge in [0.2, 0.25) is 0 Å². The number of nitrogens with zero attached hydrogens (tertiary/aromatic N) is 1. The topological polar surface area (TPSA) is 105 Å². The normalized spacial score (nSPS) is 19.4. The highest BCUT2D eigenvalue weighted by Gasteiger charge is 2.29. The summed E-state index contributed by atoms with van der Waals surface area (Å²) < 4.78 is 33.2. The van der Waals surface area contributed by atoms with Gasteiger partial charge in [0, 0.05) is 6.04 Å². The Kier molecular flexibility index (Phi) is 5.46. The molecule has 0 aliphatic carbocycles. The van der Waals surface area contributed by atoms with Gasteiger partial charge in [-0.15, -0.1) is 0 Å². The first-order chi connectivity index (χ1) is 11.4. The SMILES string of the molecule is COc1ccc(C=C(C#N)C(=O)NC2CCS(=O)(=O)C2)cc1OC. The second-order valence-electron chi connectivity index (χ2n) is 5.36. The fourth-order valence-corrected chi connectivity index (χ4v) is 4.10. The van der Waals surface area contributed by atoms with E-state index >= 15 is 0 Å². The van der Waals surface area contributed by atoms with Crippen molar-refractivity contribution in [1.82, 2.24) is 5.32 Å². The van der Waals surface area contributed by atoms with E-state index in [1.165, 1.54) is 20.3 Å². The number of carbonyl (C=O) groups excluding carboxylic acids is 1. The number of hydrogen-bond donors (Lipinski definition) is 1. The Balaban J connectivity index is 2.17. The van der Waals surface area contributed by atoms with E-state index in [1.54, 1.807) is 18.2 Å². The first kappa shape index (κ1) is 17.8. The monoisotopic (exact) mass is 350 g/mol. The number of ether oxygens (including phenoxy) is 2. The maximum Gasteiger partial charge on any atom is 0.262 e. The standard InChI is InChI=1S/C16H18N2O5S/c1-22-14-4-3-11(8-15(14)23-2)7-12(9-17)16(19)18-13-5-6-24(20,21)10-13/h3-4,7-8,13H,5-6,10H2,1-2H3,(H,18,19). The molecule has 1 aromatic rings. The number of carbonyl (C=O) groups is 1. The first-order valence-corrected chi connectivity index (χ1v) is 9.06. The molecule has 8 heteroatoms. The number of nitrogens with one attached hydrogen (secondary N) is 1. The minimum atomic E-state index is -3.10. The van der Waals surface area contributed by atoms with E-state index in [9.17, 15) is 18.5 Å². The number of methoxy groups -OCH3 is 2. The summed E-state index contributed by atoms with van der Waals surface area (Å²) in [7, 11) is -0.0957. The summed E-state index contributed by atoms with van der Waals surface area (Å²) in [6, 6.07) is 6.38. The average molecular weight is 350 g/mol. The molecule has 0 spiro atoms. The molecule has 0 radical (unpaired) electrons.